The number of benzene rings is 1. The highest BCUT2D eigenvalue weighted by atomic mass is 16.5. The fraction of sp³-hybridized carbons (Fsp3) is 0.562. The van der Waals surface area contributed by atoms with Gasteiger partial charge in [0.25, 0.3) is 5.91 Å². The summed E-state index contributed by atoms with van der Waals surface area (Å²) < 4.78 is 5.67. The fourth-order valence-corrected chi connectivity index (χ4v) is 2.37. The third-order valence-corrected chi connectivity index (χ3v) is 4.04. The molecule has 0 N–H and O–H groups in total. The summed E-state index contributed by atoms with van der Waals surface area (Å²) in [6, 6.07) is 5.94. The third kappa shape index (κ3) is 3.49. The first kappa shape index (κ1) is 13.9. The van der Waals surface area contributed by atoms with E-state index in [1.165, 1.54) is 5.56 Å². The lowest BCUT2D eigenvalue weighted by molar-refractivity contribution is -0.134. The van der Waals surface area contributed by atoms with Crippen LogP contribution in [0.1, 0.15) is 30.9 Å². The van der Waals surface area contributed by atoms with Gasteiger partial charge in [-0.1, -0.05) is 19.1 Å². The van der Waals surface area contributed by atoms with E-state index in [0.717, 1.165) is 43.2 Å². The topological polar surface area (TPSA) is 29.5 Å². The first-order valence-corrected chi connectivity index (χ1v) is 7.04. The van der Waals surface area contributed by atoms with Gasteiger partial charge in [0.15, 0.2) is 6.61 Å². The molecule has 1 amide bonds. The van der Waals surface area contributed by atoms with Crippen LogP contribution in [0.2, 0.25) is 0 Å². The van der Waals surface area contributed by atoms with Gasteiger partial charge in [0.05, 0.1) is 0 Å². The second-order valence-corrected chi connectivity index (χ2v) is 5.55. The van der Waals surface area contributed by atoms with E-state index in [9.17, 15) is 4.79 Å². The molecule has 1 aliphatic heterocycles. The number of nitrogens with zero attached hydrogens (tertiary/aromatic N) is 1. The molecule has 0 aliphatic carbocycles. The van der Waals surface area contributed by atoms with Crippen LogP contribution in [0.5, 0.6) is 5.75 Å². The standard InChI is InChI=1S/C16H23NO2/c1-12-7-9-17(10-8-12)16(18)11-19-15-6-4-5-13(2)14(15)3/h4-6,12H,7-11H2,1-3H3. The quantitative estimate of drug-likeness (QED) is 0.837. The lowest BCUT2D eigenvalue weighted by Crippen LogP contribution is -2.40. The number of carbonyl (C=O) groups is 1. The van der Waals surface area contributed by atoms with E-state index in [2.05, 4.69) is 19.9 Å². The van der Waals surface area contributed by atoms with E-state index < -0.39 is 0 Å². The summed E-state index contributed by atoms with van der Waals surface area (Å²) in [7, 11) is 0. The Morgan fingerprint density at radius 3 is 2.68 bits per heavy atom. The van der Waals surface area contributed by atoms with Crippen molar-refractivity contribution in [2.24, 2.45) is 5.92 Å². The van der Waals surface area contributed by atoms with E-state index in [0.29, 0.717) is 0 Å². The van der Waals surface area contributed by atoms with Crippen LogP contribution >= 0.6 is 0 Å². The number of hydrogen-bond acceptors (Lipinski definition) is 2. The Kier molecular flexibility index (Phi) is 4.46. The molecule has 104 valence electrons. The van der Waals surface area contributed by atoms with Crippen LogP contribution in [0.4, 0.5) is 0 Å². The van der Waals surface area contributed by atoms with Crippen molar-refractivity contribution in [3.8, 4) is 5.75 Å². The Morgan fingerprint density at radius 1 is 1.32 bits per heavy atom. The molecule has 1 aromatic rings. The van der Waals surface area contributed by atoms with Crippen molar-refractivity contribution in [3.63, 3.8) is 0 Å². The lowest BCUT2D eigenvalue weighted by Gasteiger charge is -2.30. The lowest BCUT2D eigenvalue weighted by atomic mass is 9.99. The monoisotopic (exact) mass is 261 g/mol. The van der Waals surface area contributed by atoms with E-state index >= 15 is 0 Å². The summed E-state index contributed by atoms with van der Waals surface area (Å²) in [5.74, 6) is 1.66. The minimum atomic E-state index is 0.104. The summed E-state index contributed by atoms with van der Waals surface area (Å²) in [6.45, 7) is 8.22. The van der Waals surface area contributed by atoms with E-state index in [-0.39, 0.29) is 12.5 Å². The second kappa shape index (κ2) is 6.09. The normalized spacial score (nSPS) is 16.5. The van der Waals surface area contributed by atoms with Crippen LogP contribution in [0.3, 0.4) is 0 Å². The van der Waals surface area contributed by atoms with Crippen LogP contribution in [0.15, 0.2) is 18.2 Å². The number of piperidine rings is 1. The van der Waals surface area contributed by atoms with Gasteiger partial charge in [0, 0.05) is 13.1 Å². The number of rotatable bonds is 3. The highest BCUT2D eigenvalue weighted by molar-refractivity contribution is 5.77. The summed E-state index contributed by atoms with van der Waals surface area (Å²) >= 11 is 0. The Morgan fingerprint density at radius 2 is 2.00 bits per heavy atom. The zero-order chi connectivity index (χ0) is 13.8. The van der Waals surface area contributed by atoms with Gasteiger partial charge in [-0.05, 0) is 49.8 Å². The molecule has 1 aromatic carbocycles. The van der Waals surface area contributed by atoms with Crippen molar-refractivity contribution in [2.45, 2.75) is 33.6 Å². The molecule has 19 heavy (non-hydrogen) atoms. The third-order valence-electron chi connectivity index (χ3n) is 4.04. The maximum Gasteiger partial charge on any atom is 0.260 e. The molecular formula is C16H23NO2. The molecule has 0 bridgehead atoms. The van der Waals surface area contributed by atoms with Gasteiger partial charge in [-0.2, -0.15) is 0 Å². The average molecular weight is 261 g/mol. The smallest absolute Gasteiger partial charge is 0.260 e. The summed E-state index contributed by atoms with van der Waals surface area (Å²) in [4.78, 5) is 14.0. The first-order valence-electron chi connectivity index (χ1n) is 7.04. The zero-order valence-corrected chi connectivity index (χ0v) is 12.1. The minimum absolute atomic E-state index is 0.104. The Labute approximate surface area is 115 Å². The molecule has 3 nitrogen and oxygen atoms in total. The van der Waals surface area contributed by atoms with Crippen molar-refractivity contribution in [2.75, 3.05) is 19.7 Å². The predicted octanol–water partition coefficient (Wildman–Crippen LogP) is 2.94. The Balaban J connectivity index is 1.88. The largest absolute Gasteiger partial charge is 0.483 e. The van der Waals surface area contributed by atoms with Crippen molar-refractivity contribution < 1.29 is 9.53 Å². The number of carbonyl (C=O) groups excluding carboxylic acids is 1. The fourth-order valence-electron chi connectivity index (χ4n) is 2.37. The molecule has 0 radical (unpaired) electrons. The summed E-state index contributed by atoms with van der Waals surface area (Å²) in [6.07, 6.45) is 2.21. The maximum atomic E-state index is 12.1. The van der Waals surface area contributed by atoms with E-state index in [1.807, 2.05) is 24.0 Å². The zero-order valence-electron chi connectivity index (χ0n) is 12.1. The van der Waals surface area contributed by atoms with Crippen LogP contribution in [-0.2, 0) is 4.79 Å². The van der Waals surface area contributed by atoms with Crippen molar-refractivity contribution in [1.82, 2.24) is 4.90 Å². The van der Waals surface area contributed by atoms with Gasteiger partial charge in [-0.25, -0.2) is 0 Å². The molecule has 0 unspecified atom stereocenters. The van der Waals surface area contributed by atoms with E-state index in [1.54, 1.807) is 0 Å². The van der Waals surface area contributed by atoms with Crippen molar-refractivity contribution >= 4 is 5.91 Å². The molecule has 0 saturated carbocycles. The molecule has 1 fully saturated rings. The molecular weight excluding hydrogens is 238 g/mol. The maximum absolute atomic E-state index is 12.1. The molecule has 3 heteroatoms. The molecule has 2 rings (SSSR count). The van der Waals surface area contributed by atoms with Gasteiger partial charge in [-0.3, -0.25) is 4.79 Å². The minimum Gasteiger partial charge on any atom is -0.483 e. The average Bonchev–Trinajstić information content (AvgIpc) is 2.41. The van der Waals surface area contributed by atoms with Gasteiger partial charge >= 0.3 is 0 Å². The van der Waals surface area contributed by atoms with Crippen LogP contribution in [0.25, 0.3) is 0 Å². The SMILES string of the molecule is Cc1cccc(OCC(=O)N2CCC(C)CC2)c1C. The second-order valence-electron chi connectivity index (χ2n) is 5.55. The van der Waals surface area contributed by atoms with Crippen LogP contribution in [-0.4, -0.2) is 30.5 Å². The van der Waals surface area contributed by atoms with E-state index in [4.69, 9.17) is 4.74 Å². The van der Waals surface area contributed by atoms with Gasteiger partial charge in [0.2, 0.25) is 0 Å². The van der Waals surface area contributed by atoms with Gasteiger partial charge in [0.1, 0.15) is 5.75 Å². The van der Waals surface area contributed by atoms with Crippen molar-refractivity contribution in [1.29, 1.82) is 0 Å². The molecule has 1 saturated heterocycles. The van der Waals surface area contributed by atoms with Crippen LogP contribution < -0.4 is 4.74 Å². The van der Waals surface area contributed by atoms with Crippen molar-refractivity contribution in [3.05, 3.63) is 29.3 Å². The number of amides is 1. The number of hydrogen-bond donors (Lipinski definition) is 0. The van der Waals surface area contributed by atoms with Crippen LogP contribution in [0, 0.1) is 19.8 Å². The number of ether oxygens (including phenoxy) is 1. The first-order chi connectivity index (χ1) is 9.08. The molecule has 0 aromatic heterocycles. The molecule has 0 spiro atoms. The Bertz CT molecular complexity index is 448. The summed E-state index contributed by atoms with van der Waals surface area (Å²) in [5.41, 5.74) is 2.30. The highest BCUT2D eigenvalue weighted by Gasteiger charge is 2.20. The molecule has 1 aliphatic rings. The predicted molar refractivity (Wildman–Crippen MR) is 76.4 cm³/mol. The number of aryl methyl sites for hydroxylation is 1. The molecule has 1 heterocycles. The highest BCUT2D eigenvalue weighted by Crippen LogP contribution is 2.21. The Hall–Kier alpha value is -1.51. The molecule has 0 atom stereocenters. The summed E-state index contributed by atoms with van der Waals surface area (Å²) in [5, 5.41) is 0. The number of likely N-dealkylation sites (tertiary alicyclic amines) is 1. The van der Waals surface area contributed by atoms with Gasteiger partial charge < -0.3 is 9.64 Å². The van der Waals surface area contributed by atoms with Gasteiger partial charge in [-0.15, -0.1) is 0 Å².